The first-order valence-electron chi connectivity index (χ1n) is 14.3. The fourth-order valence-corrected chi connectivity index (χ4v) is 6.57. The summed E-state index contributed by atoms with van der Waals surface area (Å²) < 4.78 is 52.8. The second-order valence-electron chi connectivity index (χ2n) is 11.9. The van der Waals surface area contributed by atoms with Gasteiger partial charge in [0.25, 0.3) is 0 Å². The molecule has 7 atom stereocenters. The molecule has 4 rings (SSSR count). The third kappa shape index (κ3) is 7.01. The molecule has 1 aliphatic carbocycles. The van der Waals surface area contributed by atoms with E-state index < -0.39 is 74.6 Å². The molecule has 0 amide bonds. The Morgan fingerprint density at radius 3 is 2.38 bits per heavy atom. The quantitative estimate of drug-likeness (QED) is 0.128. The number of imidazole rings is 1. The molecule has 2 aliphatic rings. The van der Waals surface area contributed by atoms with Crippen molar-refractivity contribution in [2.24, 2.45) is 5.92 Å². The summed E-state index contributed by atoms with van der Waals surface area (Å²) in [6.07, 6.45) is -4.51. The highest BCUT2D eigenvalue weighted by Crippen LogP contribution is 2.65. The maximum absolute atomic E-state index is 14.1. The molecule has 1 saturated carbocycles. The Morgan fingerprint density at radius 1 is 1.16 bits per heavy atom. The van der Waals surface area contributed by atoms with Gasteiger partial charge in [0.15, 0.2) is 23.0 Å². The van der Waals surface area contributed by atoms with Gasteiger partial charge in [0.2, 0.25) is 18.6 Å². The lowest BCUT2D eigenvalue weighted by atomic mass is 9.95. The molecule has 252 valence electrons. The molecule has 0 bridgehead atoms. The Bertz CT molecular complexity index is 1450. The molecule has 5 N–H and O–H groups in total. The van der Waals surface area contributed by atoms with Gasteiger partial charge in [0.05, 0.1) is 25.6 Å². The highest BCUT2D eigenvalue weighted by molar-refractivity contribution is 7.51. The van der Waals surface area contributed by atoms with Crippen molar-refractivity contribution < 1.29 is 57.1 Å². The van der Waals surface area contributed by atoms with Gasteiger partial charge in [-0.15, -0.1) is 0 Å². The number of methoxy groups -OCH3 is 1. The third-order valence-electron chi connectivity index (χ3n) is 7.09. The number of esters is 1. The lowest BCUT2D eigenvalue weighted by Crippen LogP contribution is -2.49. The molecule has 45 heavy (non-hydrogen) atoms. The Kier molecular flexibility index (Phi) is 9.99. The Morgan fingerprint density at radius 2 is 1.82 bits per heavy atom. The maximum Gasteiger partial charge on any atom is 0.510 e. The minimum absolute atomic E-state index is 0.0660. The number of ether oxygens (including phenoxy) is 5. The van der Waals surface area contributed by atoms with Crippen molar-refractivity contribution in [1.29, 1.82) is 0 Å². The lowest BCUT2D eigenvalue weighted by Gasteiger charge is -2.34. The van der Waals surface area contributed by atoms with E-state index in [1.165, 1.54) is 24.9 Å². The highest BCUT2D eigenvalue weighted by Gasteiger charge is 2.84. The molecule has 19 heteroatoms. The molecular weight excluding hydrogens is 619 g/mol. The van der Waals surface area contributed by atoms with Crippen molar-refractivity contribution in [1.82, 2.24) is 24.6 Å². The number of carbonyl (C=O) groups is 2. The number of aromatic nitrogens is 4. The van der Waals surface area contributed by atoms with E-state index in [0.717, 1.165) is 0 Å². The SMILES string of the molecule is COc1nc(N)nc2c1ncn2[C@@H]1O[C@@H]2[C@H](OP(=O)(N[C@@H](CC(C)C)C(=O)OC(C)C)OCOC(=O)OC(C)C)[C@]2(O)[C@@]1(C)O. The van der Waals surface area contributed by atoms with Crippen LogP contribution in [0.25, 0.3) is 11.2 Å². The Labute approximate surface area is 259 Å². The summed E-state index contributed by atoms with van der Waals surface area (Å²) in [5.41, 5.74) is 1.99. The zero-order chi connectivity index (χ0) is 33.5. The molecule has 0 spiro atoms. The van der Waals surface area contributed by atoms with Crippen molar-refractivity contribution in [3.63, 3.8) is 0 Å². The van der Waals surface area contributed by atoms with Gasteiger partial charge in [-0.2, -0.15) is 9.97 Å². The summed E-state index contributed by atoms with van der Waals surface area (Å²) in [5, 5.41) is 25.8. The first-order valence-corrected chi connectivity index (χ1v) is 15.9. The number of carbonyl (C=O) groups excluding carboxylic acids is 2. The van der Waals surface area contributed by atoms with Gasteiger partial charge >= 0.3 is 19.9 Å². The summed E-state index contributed by atoms with van der Waals surface area (Å²) in [6.45, 7) is 10.6. The van der Waals surface area contributed by atoms with Crippen LogP contribution in [0.2, 0.25) is 0 Å². The number of hydrogen-bond acceptors (Lipinski definition) is 16. The second-order valence-corrected chi connectivity index (χ2v) is 13.6. The third-order valence-corrected chi connectivity index (χ3v) is 8.67. The first kappa shape index (κ1) is 34.7. The molecule has 1 saturated heterocycles. The van der Waals surface area contributed by atoms with Crippen LogP contribution in [0.3, 0.4) is 0 Å². The molecule has 2 aromatic rings. The van der Waals surface area contributed by atoms with E-state index in [0.29, 0.717) is 0 Å². The van der Waals surface area contributed by atoms with Crippen LogP contribution in [0, 0.1) is 5.92 Å². The van der Waals surface area contributed by atoms with Crippen LogP contribution in [-0.2, 0) is 37.4 Å². The molecule has 1 aliphatic heterocycles. The summed E-state index contributed by atoms with van der Waals surface area (Å²) in [4.78, 5) is 37.2. The molecule has 1 unspecified atom stereocenters. The summed E-state index contributed by atoms with van der Waals surface area (Å²) in [7, 11) is -3.23. The van der Waals surface area contributed by atoms with Crippen LogP contribution < -0.4 is 15.6 Å². The van der Waals surface area contributed by atoms with Crippen molar-refractivity contribution in [3.05, 3.63) is 6.33 Å². The van der Waals surface area contributed by atoms with Gasteiger partial charge in [-0.1, -0.05) is 13.8 Å². The van der Waals surface area contributed by atoms with Crippen LogP contribution in [0.4, 0.5) is 10.7 Å². The zero-order valence-corrected chi connectivity index (χ0v) is 27.2. The van der Waals surface area contributed by atoms with Gasteiger partial charge in [-0.05, 0) is 47.0 Å². The van der Waals surface area contributed by atoms with E-state index in [-0.39, 0.29) is 35.3 Å². The number of nitrogens with one attached hydrogen (secondary N) is 1. The standard InChI is InChI=1S/C26H41N6O12P/c1-12(2)9-15(21(33)41-13(3)4)31-45(37,40-11-39-24(34)42-14(5)6)44-18-17-26(18,36)25(7,35)22(43-17)32-10-28-16-19(32)29-23(27)30-20(16)38-8/h10,12-15,17-18,22,35-36H,9,11H2,1-8H3,(H,31,37)(H2,27,29,30)/t15-,17+,18-,22+,25-,26-,45?/m0/s1. The summed E-state index contributed by atoms with van der Waals surface area (Å²) in [5.74, 6) is -0.828. The first-order chi connectivity index (χ1) is 20.9. The predicted octanol–water partition coefficient (Wildman–Crippen LogP) is 1.80. The van der Waals surface area contributed by atoms with Crippen LogP contribution in [0.1, 0.15) is 61.1 Å². The fraction of sp³-hybridized carbons (Fsp3) is 0.731. The molecule has 2 aromatic heterocycles. The van der Waals surface area contributed by atoms with Gasteiger partial charge in [0, 0.05) is 0 Å². The minimum Gasteiger partial charge on any atom is -0.479 e. The predicted molar refractivity (Wildman–Crippen MR) is 155 cm³/mol. The van der Waals surface area contributed by atoms with Crippen LogP contribution in [-0.4, -0.2) is 97.4 Å². The van der Waals surface area contributed by atoms with Gasteiger partial charge < -0.3 is 39.6 Å². The van der Waals surface area contributed by atoms with Gasteiger partial charge in [-0.25, -0.2) is 19.4 Å². The molecule has 3 heterocycles. The number of hydrogen-bond donors (Lipinski definition) is 4. The van der Waals surface area contributed by atoms with Crippen molar-refractivity contribution in [3.8, 4) is 5.88 Å². The number of nitrogens with zero attached hydrogens (tertiary/aromatic N) is 4. The van der Waals surface area contributed by atoms with E-state index >= 15 is 0 Å². The number of anilines is 1. The minimum atomic E-state index is -4.61. The zero-order valence-electron chi connectivity index (χ0n) is 26.3. The Hall–Kier alpha value is -3.12. The second kappa shape index (κ2) is 12.9. The molecule has 2 fully saturated rings. The average molecular weight is 661 g/mol. The van der Waals surface area contributed by atoms with Crippen molar-refractivity contribution in [2.75, 3.05) is 19.6 Å². The molecule has 18 nitrogen and oxygen atoms in total. The lowest BCUT2D eigenvalue weighted by molar-refractivity contribution is -0.156. The van der Waals surface area contributed by atoms with Crippen molar-refractivity contribution in [2.45, 2.75) is 103 Å². The van der Waals surface area contributed by atoms with Crippen LogP contribution in [0.15, 0.2) is 6.33 Å². The fourth-order valence-electron chi connectivity index (χ4n) is 5.02. The number of rotatable bonds is 14. The normalized spacial score (nSPS) is 27.8. The number of aliphatic hydroxyl groups is 2. The summed E-state index contributed by atoms with van der Waals surface area (Å²) in [6, 6.07) is -1.18. The van der Waals surface area contributed by atoms with Gasteiger partial charge in [0.1, 0.15) is 23.9 Å². The van der Waals surface area contributed by atoms with Gasteiger partial charge in [-0.3, -0.25) is 18.4 Å². The molecule has 0 radical (unpaired) electrons. The van der Waals surface area contributed by atoms with Crippen molar-refractivity contribution >= 4 is 37.0 Å². The summed E-state index contributed by atoms with van der Waals surface area (Å²) >= 11 is 0. The van der Waals surface area contributed by atoms with E-state index in [1.54, 1.807) is 27.7 Å². The van der Waals surface area contributed by atoms with E-state index in [9.17, 15) is 24.4 Å². The van der Waals surface area contributed by atoms with E-state index in [2.05, 4.69) is 20.0 Å². The number of fused-ring (bicyclic) bond motifs is 2. The number of nitrogens with two attached hydrogens (primary N) is 1. The topological polar surface area (TPSA) is 238 Å². The smallest absolute Gasteiger partial charge is 0.479 e. The van der Waals surface area contributed by atoms with E-state index in [4.69, 9.17) is 38.5 Å². The Balaban J connectivity index is 1.58. The van der Waals surface area contributed by atoms with Crippen LogP contribution >= 0.6 is 7.75 Å². The van der Waals surface area contributed by atoms with E-state index in [1.807, 2.05) is 13.8 Å². The molecule has 0 aromatic carbocycles. The largest absolute Gasteiger partial charge is 0.510 e. The monoisotopic (exact) mass is 660 g/mol. The average Bonchev–Trinajstić information content (AvgIpc) is 3.17. The highest BCUT2D eigenvalue weighted by atomic mass is 31.2. The molecular formula is C26H41N6O12P. The maximum atomic E-state index is 14.1. The number of nitrogen functional groups attached to an aromatic ring is 1. The van der Waals surface area contributed by atoms with Crippen LogP contribution in [0.5, 0.6) is 5.88 Å².